The third-order valence-electron chi connectivity index (χ3n) is 8.00. The summed E-state index contributed by atoms with van der Waals surface area (Å²) in [4.78, 5) is 42.5. The van der Waals surface area contributed by atoms with Crippen molar-refractivity contribution in [3.63, 3.8) is 0 Å². The molecule has 3 amide bonds. The number of likely N-dealkylation sites (tertiary alicyclic amines) is 2. The molecule has 0 aromatic heterocycles. The van der Waals surface area contributed by atoms with Gasteiger partial charge in [0.25, 0.3) is 11.8 Å². The van der Waals surface area contributed by atoms with E-state index in [1.165, 1.54) is 0 Å². The molecule has 0 spiro atoms. The van der Waals surface area contributed by atoms with Gasteiger partial charge in [0.05, 0.1) is 0 Å². The maximum Gasteiger partial charge on any atom is 0.253 e. The molecule has 208 valence electrons. The molecule has 0 bridgehead atoms. The van der Waals surface area contributed by atoms with Gasteiger partial charge in [0.2, 0.25) is 5.91 Å². The smallest absolute Gasteiger partial charge is 0.253 e. The Balaban J connectivity index is 1.15. The topological polar surface area (TPSA) is 79.0 Å². The molecule has 2 heterocycles. The third-order valence-corrected chi connectivity index (χ3v) is 8.00. The summed E-state index contributed by atoms with van der Waals surface area (Å²) in [5, 5.41) is 2.93. The van der Waals surface area contributed by atoms with Crippen LogP contribution in [0.2, 0.25) is 0 Å². The van der Waals surface area contributed by atoms with Crippen LogP contribution in [0, 0.1) is 18.8 Å². The van der Waals surface area contributed by atoms with E-state index in [9.17, 15) is 14.4 Å². The predicted octanol–water partition coefficient (Wildman–Crippen LogP) is 6.15. The number of carbonyl (C=O) groups excluding carboxylic acids is 3. The van der Waals surface area contributed by atoms with Crippen LogP contribution in [0.4, 0.5) is 5.69 Å². The lowest BCUT2D eigenvalue weighted by molar-refractivity contribution is -0.116. The van der Waals surface area contributed by atoms with Crippen molar-refractivity contribution >= 4 is 23.4 Å². The van der Waals surface area contributed by atoms with Gasteiger partial charge in [0.15, 0.2) is 0 Å². The fourth-order valence-corrected chi connectivity index (χ4v) is 5.75. The summed E-state index contributed by atoms with van der Waals surface area (Å²) in [6.07, 6.45) is 3.05. The molecule has 3 aromatic rings. The van der Waals surface area contributed by atoms with Crippen molar-refractivity contribution < 1.29 is 19.1 Å². The molecule has 2 saturated heterocycles. The highest BCUT2D eigenvalue weighted by atomic mass is 16.5. The molecular weight excluding hydrogens is 502 g/mol. The second kappa shape index (κ2) is 12.4. The van der Waals surface area contributed by atoms with E-state index >= 15 is 0 Å². The van der Waals surface area contributed by atoms with Gasteiger partial charge in [-0.3, -0.25) is 14.4 Å². The lowest BCUT2D eigenvalue weighted by Gasteiger charge is -2.23. The van der Waals surface area contributed by atoms with E-state index < -0.39 is 0 Å². The molecule has 3 aromatic carbocycles. The van der Waals surface area contributed by atoms with Crippen LogP contribution in [-0.4, -0.2) is 53.7 Å². The Morgan fingerprint density at radius 3 is 2.02 bits per heavy atom. The van der Waals surface area contributed by atoms with E-state index in [2.05, 4.69) is 5.32 Å². The largest absolute Gasteiger partial charge is 0.457 e. The number of para-hydroxylation sites is 1. The van der Waals surface area contributed by atoms with Crippen molar-refractivity contribution in [1.82, 2.24) is 9.80 Å². The van der Waals surface area contributed by atoms with E-state index in [0.29, 0.717) is 61.3 Å². The normalized spacial score (nSPS) is 18.6. The van der Waals surface area contributed by atoms with Crippen LogP contribution in [0.5, 0.6) is 11.5 Å². The quantitative estimate of drug-likeness (QED) is 0.391. The van der Waals surface area contributed by atoms with Gasteiger partial charge < -0.3 is 19.9 Å². The van der Waals surface area contributed by atoms with Crippen LogP contribution in [0.3, 0.4) is 0 Å². The molecule has 0 unspecified atom stereocenters. The molecular formula is C33H37N3O4. The summed E-state index contributed by atoms with van der Waals surface area (Å²) in [5.41, 5.74) is 2.95. The Hall–Kier alpha value is -4.13. The molecule has 2 fully saturated rings. The van der Waals surface area contributed by atoms with Gasteiger partial charge in [-0.05, 0) is 98.2 Å². The van der Waals surface area contributed by atoms with Crippen molar-refractivity contribution in [2.75, 3.05) is 31.5 Å². The van der Waals surface area contributed by atoms with Crippen molar-refractivity contribution in [2.24, 2.45) is 11.8 Å². The second-order valence-corrected chi connectivity index (χ2v) is 10.9. The van der Waals surface area contributed by atoms with Crippen LogP contribution < -0.4 is 10.1 Å². The summed E-state index contributed by atoms with van der Waals surface area (Å²) >= 11 is 0. The first kappa shape index (κ1) is 27.4. The van der Waals surface area contributed by atoms with Crippen LogP contribution >= 0.6 is 0 Å². The fourth-order valence-electron chi connectivity index (χ4n) is 5.75. The maximum atomic E-state index is 13.3. The van der Waals surface area contributed by atoms with Gasteiger partial charge in [-0.25, -0.2) is 0 Å². The Labute approximate surface area is 236 Å². The molecule has 2 aliphatic heterocycles. The number of nitrogens with one attached hydrogen (secondary N) is 1. The number of benzene rings is 3. The van der Waals surface area contributed by atoms with Crippen LogP contribution in [0.1, 0.15) is 58.9 Å². The van der Waals surface area contributed by atoms with Crippen LogP contribution in [-0.2, 0) is 4.79 Å². The molecule has 2 atom stereocenters. The number of hydrogen-bond acceptors (Lipinski definition) is 4. The molecule has 7 heteroatoms. The van der Waals surface area contributed by atoms with E-state index in [-0.39, 0.29) is 17.7 Å². The number of aryl methyl sites for hydroxylation is 1. The summed E-state index contributed by atoms with van der Waals surface area (Å²) in [7, 11) is 0. The Morgan fingerprint density at radius 2 is 1.40 bits per heavy atom. The number of hydrogen-bond donors (Lipinski definition) is 1. The minimum Gasteiger partial charge on any atom is -0.457 e. The van der Waals surface area contributed by atoms with E-state index in [1.54, 1.807) is 0 Å². The predicted molar refractivity (Wildman–Crippen MR) is 156 cm³/mol. The molecule has 5 rings (SSSR count). The number of fused-ring (bicyclic) bond motifs is 1. The molecule has 1 N–H and O–H groups in total. The Kier molecular flexibility index (Phi) is 8.48. The number of ether oxygens (including phenoxy) is 1. The monoisotopic (exact) mass is 539 g/mol. The summed E-state index contributed by atoms with van der Waals surface area (Å²) in [5.74, 6) is 2.30. The highest BCUT2D eigenvalue weighted by molar-refractivity contribution is 5.97. The van der Waals surface area contributed by atoms with Crippen molar-refractivity contribution in [3.05, 3.63) is 89.5 Å². The molecule has 2 aliphatic rings. The zero-order valence-corrected chi connectivity index (χ0v) is 23.3. The maximum absolute atomic E-state index is 13.3. The lowest BCUT2D eigenvalue weighted by Crippen LogP contribution is -2.34. The zero-order valence-electron chi connectivity index (χ0n) is 23.3. The summed E-state index contributed by atoms with van der Waals surface area (Å²) in [6.45, 7) is 6.70. The summed E-state index contributed by atoms with van der Waals surface area (Å²) in [6, 6.07) is 22.4. The molecule has 0 aliphatic carbocycles. The number of nitrogens with zero attached hydrogens (tertiary/aromatic N) is 2. The molecule has 0 radical (unpaired) electrons. The van der Waals surface area contributed by atoms with Crippen molar-refractivity contribution in [3.8, 4) is 11.5 Å². The Morgan fingerprint density at radius 1 is 0.800 bits per heavy atom. The Bertz CT molecular complexity index is 1340. The number of amides is 3. The number of anilines is 1. The van der Waals surface area contributed by atoms with Crippen molar-refractivity contribution in [2.45, 2.75) is 39.5 Å². The molecule has 0 saturated carbocycles. The SMILES string of the molecule is CCCC(=O)Nc1ccc(C(=O)N2C[C@H]3CCN(C(=O)c4ccc(Oc5ccccc5)cc4)CC[C@H]3C2)cc1C. The summed E-state index contributed by atoms with van der Waals surface area (Å²) < 4.78 is 5.85. The minimum atomic E-state index is -0.00836. The van der Waals surface area contributed by atoms with Gasteiger partial charge in [0, 0.05) is 49.4 Å². The molecule has 7 nitrogen and oxygen atoms in total. The lowest BCUT2D eigenvalue weighted by atomic mass is 9.92. The number of carbonyl (C=O) groups is 3. The van der Waals surface area contributed by atoms with E-state index in [0.717, 1.165) is 36.3 Å². The van der Waals surface area contributed by atoms with Crippen LogP contribution in [0.15, 0.2) is 72.8 Å². The van der Waals surface area contributed by atoms with Gasteiger partial charge in [-0.15, -0.1) is 0 Å². The van der Waals surface area contributed by atoms with Crippen LogP contribution in [0.25, 0.3) is 0 Å². The zero-order chi connectivity index (χ0) is 28.1. The fraction of sp³-hybridized carbons (Fsp3) is 0.364. The average molecular weight is 540 g/mol. The first-order valence-electron chi connectivity index (χ1n) is 14.2. The van der Waals surface area contributed by atoms with Gasteiger partial charge in [0.1, 0.15) is 11.5 Å². The van der Waals surface area contributed by atoms with E-state index in [4.69, 9.17) is 4.74 Å². The third kappa shape index (κ3) is 6.36. The first-order chi connectivity index (χ1) is 19.4. The minimum absolute atomic E-state index is 0.00836. The first-order valence-corrected chi connectivity index (χ1v) is 14.2. The standard InChI is InChI=1S/C33H37N3O4/c1-3-7-31(37)34-30-15-12-25(20-23(30)2)33(39)36-21-26-16-18-35(19-17-27(26)22-36)32(38)24-10-13-29(14-11-24)40-28-8-5-4-6-9-28/h4-6,8-15,20,26-27H,3,7,16-19,21-22H2,1-2H3,(H,34,37)/t26-,27+. The number of rotatable bonds is 7. The highest BCUT2D eigenvalue weighted by Gasteiger charge is 2.38. The van der Waals surface area contributed by atoms with E-state index in [1.807, 2.05) is 96.4 Å². The highest BCUT2D eigenvalue weighted by Crippen LogP contribution is 2.33. The van der Waals surface area contributed by atoms with Gasteiger partial charge in [-0.2, -0.15) is 0 Å². The average Bonchev–Trinajstić information content (AvgIpc) is 3.27. The molecule has 40 heavy (non-hydrogen) atoms. The van der Waals surface area contributed by atoms with Crippen molar-refractivity contribution in [1.29, 1.82) is 0 Å². The van der Waals surface area contributed by atoms with Gasteiger partial charge in [-0.1, -0.05) is 25.1 Å². The van der Waals surface area contributed by atoms with Gasteiger partial charge >= 0.3 is 0 Å². The second-order valence-electron chi connectivity index (χ2n) is 10.9.